The molecule has 0 bridgehead atoms. The van der Waals surface area contributed by atoms with E-state index >= 15 is 0 Å². The molecular formula is C19H31NO3. The Morgan fingerprint density at radius 1 is 1.09 bits per heavy atom. The highest BCUT2D eigenvalue weighted by Gasteiger charge is 2.20. The van der Waals surface area contributed by atoms with Crippen molar-refractivity contribution < 1.29 is 14.7 Å². The maximum Gasteiger partial charge on any atom is 0.322 e. The van der Waals surface area contributed by atoms with Crippen LogP contribution in [-0.2, 0) is 9.59 Å². The second-order valence-electron chi connectivity index (χ2n) is 5.81. The van der Waals surface area contributed by atoms with Gasteiger partial charge in [-0.05, 0) is 19.8 Å². The number of hydrogen-bond donors (Lipinski definition) is 2. The van der Waals surface area contributed by atoms with Crippen LogP contribution < -0.4 is 5.32 Å². The van der Waals surface area contributed by atoms with E-state index in [1.165, 1.54) is 18.4 Å². The van der Waals surface area contributed by atoms with E-state index in [1.807, 2.05) is 18.2 Å². The third-order valence-electron chi connectivity index (χ3n) is 3.33. The van der Waals surface area contributed by atoms with Crippen LogP contribution in [0.4, 0.5) is 0 Å². The van der Waals surface area contributed by atoms with Crippen molar-refractivity contribution in [1.29, 1.82) is 0 Å². The van der Waals surface area contributed by atoms with Gasteiger partial charge in [0.2, 0.25) is 5.91 Å². The minimum atomic E-state index is -0.982. The highest BCUT2D eigenvalue weighted by molar-refractivity contribution is 5.82. The summed E-state index contributed by atoms with van der Waals surface area (Å²) >= 11 is 0. The second kappa shape index (κ2) is 13.8. The summed E-state index contributed by atoms with van der Waals surface area (Å²) in [6.07, 6.45) is 6.44. The quantitative estimate of drug-likeness (QED) is 0.877. The van der Waals surface area contributed by atoms with Crippen molar-refractivity contribution in [2.45, 2.75) is 59.3 Å². The lowest BCUT2D eigenvalue weighted by atomic mass is 9.89. The minimum absolute atomic E-state index is 0.0492. The first-order valence-electron chi connectivity index (χ1n) is 8.52. The molecule has 130 valence electrons. The van der Waals surface area contributed by atoms with Crippen molar-refractivity contribution in [3.63, 3.8) is 0 Å². The van der Waals surface area contributed by atoms with Gasteiger partial charge in [-0.25, -0.2) is 0 Å². The molecule has 1 aliphatic carbocycles. The molecule has 0 aliphatic heterocycles. The van der Waals surface area contributed by atoms with E-state index in [4.69, 9.17) is 5.11 Å². The van der Waals surface area contributed by atoms with Crippen molar-refractivity contribution in [3.05, 3.63) is 35.9 Å². The van der Waals surface area contributed by atoms with Crippen molar-refractivity contribution >= 4 is 11.9 Å². The highest BCUT2D eigenvalue weighted by atomic mass is 16.4. The number of carboxylic acid groups (broad SMARTS) is 1. The smallest absolute Gasteiger partial charge is 0.322 e. The average Bonchev–Trinajstić information content (AvgIpc) is 2.55. The number of aryl methyl sites for hydroxylation is 1. The van der Waals surface area contributed by atoms with Crippen molar-refractivity contribution in [2.75, 3.05) is 6.54 Å². The molecule has 0 spiro atoms. The van der Waals surface area contributed by atoms with Crippen LogP contribution in [0.15, 0.2) is 30.3 Å². The highest BCUT2D eigenvalue weighted by Crippen LogP contribution is 2.23. The van der Waals surface area contributed by atoms with E-state index in [2.05, 4.69) is 38.2 Å². The number of carboxylic acids is 1. The normalized spacial score (nSPS) is 13.7. The van der Waals surface area contributed by atoms with Gasteiger partial charge in [0.25, 0.3) is 0 Å². The van der Waals surface area contributed by atoms with E-state index in [-0.39, 0.29) is 18.4 Å². The second-order valence-corrected chi connectivity index (χ2v) is 5.81. The molecule has 0 radical (unpaired) electrons. The number of rotatable bonds is 3. The fraction of sp³-hybridized carbons (Fsp3) is 0.579. The van der Waals surface area contributed by atoms with Crippen LogP contribution in [0.2, 0.25) is 0 Å². The number of carbonyl (C=O) groups excluding carboxylic acids is 1. The summed E-state index contributed by atoms with van der Waals surface area (Å²) in [5.74, 6) is -1.03. The first-order chi connectivity index (χ1) is 11.0. The lowest BCUT2D eigenvalue weighted by Gasteiger charge is -2.20. The van der Waals surface area contributed by atoms with E-state index in [9.17, 15) is 9.59 Å². The monoisotopic (exact) mass is 321 g/mol. The molecular weight excluding hydrogens is 290 g/mol. The van der Waals surface area contributed by atoms with Crippen LogP contribution in [0.1, 0.15) is 57.9 Å². The molecule has 2 rings (SSSR count). The molecule has 0 unspecified atom stereocenters. The van der Waals surface area contributed by atoms with Crippen LogP contribution in [0.3, 0.4) is 0 Å². The largest absolute Gasteiger partial charge is 0.480 e. The van der Waals surface area contributed by atoms with E-state index in [0.29, 0.717) is 0 Å². The first-order valence-corrected chi connectivity index (χ1v) is 8.52. The van der Waals surface area contributed by atoms with Crippen LogP contribution in [-0.4, -0.2) is 23.5 Å². The Balaban J connectivity index is 0.000000404. The number of carbonyl (C=O) groups is 2. The Morgan fingerprint density at radius 2 is 1.61 bits per heavy atom. The molecule has 1 fully saturated rings. The zero-order valence-electron chi connectivity index (χ0n) is 14.7. The van der Waals surface area contributed by atoms with E-state index < -0.39 is 5.97 Å². The zero-order chi connectivity index (χ0) is 17.5. The van der Waals surface area contributed by atoms with Gasteiger partial charge in [-0.3, -0.25) is 9.59 Å². The van der Waals surface area contributed by atoms with Crippen LogP contribution >= 0.6 is 0 Å². The van der Waals surface area contributed by atoms with Crippen LogP contribution in [0.25, 0.3) is 0 Å². The third-order valence-corrected chi connectivity index (χ3v) is 3.33. The Labute approximate surface area is 140 Å². The number of hydrogen-bond acceptors (Lipinski definition) is 2. The number of amides is 1. The van der Waals surface area contributed by atoms with Gasteiger partial charge >= 0.3 is 5.97 Å². The van der Waals surface area contributed by atoms with Gasteiger partial charge in [0.05, 0.1) is 0 Å². The van der Waals surface area contributed by atoms with Crippen molar-refractivity contribution in [2.24, 2.45) is 5.92 Å². The summed E-state index contributed by atoms with van der Waals surface area (Å²) in [7, 11) is 0. The summed E-state index contributed by atoms with van der Waals surface area (Å²) in [6.45, 7) is 6.08. The van der Waals surface area contributed by atoms with Crippen molar-refractivity contribution in [1.82, 2.24) is 5.32 Å². The molecule has 23 heavy (non-hydrogen) atoms. The van der Waals surface area contributed by atoms with Gasteiger partial charge in [-0.1, -0.05) is 75.4 Å². The summed E-state index contributed by atoms with van der Waals surface area (Å²) in [6, 6.07) is 10.3. The van der Waals surface area contributed by atoms with Gasteiger partial charge < -0.3 is 10.4 Å². The Morgan fingerprint density at radius 3 is 2.00 bits per heavy atom. The SMILES string of the molecule is CCC.Cc1ccccc1.O=C(O)CNC(=O)C1CCCCC1. The fourth-order valence-electron chi connectivity index (χ4n) is 2.21. The molecule has 0 heterocycles. The number of benzene rings is 1. The first kappa shape index (κ1) is 21.2. The van der Waals surface area contributed by atoms with E-state index in [1.54, 1.807) is 0 Å². The molecule has 1 aromatic rings. The lowest BCUT2D eigenvalue weighted by molar-refractivity contribution is -0.138. The average molecular weight is 321 g/mol. The molecule has 1 saturated carbocycles. The van der Waals surface area contributed by atoms with Gasteiger partial charge in [0.15, 0.2) is 0 Å². The molecule has 2 N–H and O–H groups in total. The van der Waals surface area contributed by atoms with Crippen LogP contribution in [0.5, 0.6) is 0 Å². The third kappa shape index (κ3) is 12.4. The maximum absolute atomic E-state index is 11.3. The van der Waals surface area contributed by atoms with Gasteiger partial charge in [0.1, 0.15) is 6.54 Å². The Bertz CT molecular complexity index is 426. The summed E-state index contributed by atoms with van der Waals surface area (Å²) in [5.41, 5.74) is 1.32. The molecule has 4 nitrogen and oxygen atoms in total. The summed E-state index contributed by atoms with van der Waals surface area (Å²) < 4.78 is 0. The van der Waals surface area contributed by atoms with Gasteiger partial charge in [0, 0.05) is 5.92 Å². The topological polar surface area (TPSA) is 66.4 Å². The molecule has 0 atom stereocenters. The lowest BCUT2D eigenvalue weighted by Crippen LogP contribution is -2.35. The molecule has 1 amide bonds. The van der Waals surface area contributed by atoms with Crippen molar-refractivity contribution in [3.8, 4) is 0 Å². The molecule has 1 aromatic carbocycles. The van der Waals surface area contributed by atoms with Gasteiger partial charge in [-0.15, -0.1) is 0 Å². The number of nitrogens with one attached hydrogen (secondary N) is 1. The van der Waals surface area contributed by atoms with Crippen LogP contribution in [0, 0.1) is 12.8 Å². The predicted molar refractivity (Wildman–Crippen MR) is 94.4 cm³/mol. The Kier molecular flexibility index (Phi) is 12.7. The standard InChI is InChI=1S/C9H15NO3.C7H8.C3H8/c11-8(12)6-10-9(13)7-4-2-1-3-5-7;1-7-5-3-2-4-6-7;1-3-2/h7H,1-6H2,(H,10,13)(H,11,12);2-6H,1H3;3H2,1-2H3. The maximum atomic E-state index is 11.3. The molecule has 1 aliphatic rings. The summed E-state index contributed by atoms with van der Waals surface area (Å²) in [5, 5.41) is 10.8. The zero-order valence-corrected chi connectivity index (χ0v) is 14.7. The minimum Gasteiger partial charge on any atom is -0.480 e. The van der Waals surface area contributed by atoms with E-state index in [0.717, 1.165) is 25.7 Å². The Hall–Kier alpha value is -1.84. The molecule has 0 saturated heterocycles. The molecule has 4 heteroatoms. The summed E-state index contributed by atoms with van der Waals surface area (Å²) in [4.78, 5) is 21.5. The van der Waals surface area contributed by atoms with Gasteiger partial charge in [-0.2, -0.15) is 0 Å². The molecule has 0 aromatic heterocycles. The fourth-order valence-corrected chi connectivity index (χ4v) is 2.21. The number of aliphatic carboxylic acids is 1. The predicted octanol–water partition coefficient (Wildman–Crippen LogP) is 4.18.